The fraction of sp³-hybridized carbons (Fsp3) is 0.889. The first kappa shape index (κ1) is 18.1. The van der Waals surface area contributed by atoms with Gasteiger partial charge in [0.2, 0.25) is 10.0 Å². The van der Waals surface area contributed by atoms with Gasteiger partial charge in [-0.1, -0.05) is 24.2 Å². The van der Waals surface area contributed by atoms with Crippen LogP contribution in [0.5, 0.6) is 0 Å². The maximum Gasteiger partial charge on any atom is 0.439 e. The van der Waals surface area contributed by atoms with Crippen molar-refractivity contribution in [2.75, 3.05) is 26.2 Å². The third-order valence-corrected chi connectivity index (χ3v) is 4.43. The van der Waals surface area contributed by atoms with E-state index in [4.69, 9.17) is 4.74 Å². The minimum absolute atomic E-state index is 0.0380. The highest BCUT2D eigenvalue weighted by atomic mass is 32.2. The van der Waals surface area contributed by atoms with E-state index in [0.29, 0.717) is 10.8 Å². The van der Waals surface area contributed by atoms with E-state index >= 15 is 0 Å². The molecule has 114 valence electrons. The van der Waals surface area contributed by atoms with Crippen molar-refractivity contribution in [3.8, 4) is 0 Å². The van der Waals surface area contributed by atoms with Gasteiger partial charge in [0.05, 0.1) is 19.1 Å². The van der Waals surface area contributed by atoms with Gasteiger partial charge in [-0.15, -0.1) is 4.41 Å². The number of ether oxygens (including phenoxy) is 1. The molecule has 0 aromatic heterocycles. The van der Waals surface area contributed by atoms with Gasteiger partial charge in [-0.3, -0.25) is 0 Å². The largest absolute Gasteiger partial charge is 0.448 e. The summed E-state index contributed by atoms with van der Waals surface area (Å²) in [7, 11) is -7.01. The number of unbranched alkanes of at least 4 members (excludes halogenated alkanes) is 2. The summed E-state index contributed by atoms with van der Waals surface area (Å²) in [6, 6.07) is 0. The van der Waals surface area contributed by atoms with E-state index in [1.807, 2.05) is 6.92 Å². The number of carbonyl (C=O) groups excluding carboxylic acids is 1. The zero-order chi connectivity index (χ0) is 15.3. The van der Waals surface area contributed by atoms with Crippen LogP contribution < -0.4 is 0 Å². The molecule has 0 aliphatic heterocycles. The Bertz CT molecular complexity index is 499. The fourth-order valence-corrected chi connectivity index (χ4v) is 2.96. The maximum atomic E-state index is 11.7. The minimum atomic E-state index is -4.08. The van der Waals surface area contributed by atoms with Gasteiger partial charge in [-0.25, -0.2) is 21.6 Å². The van der Waals surface area contributed by atoms with E-state index in [1.165, 1.54) is 0 Å². The predicted octanol–water partition coefficient (Wildman–Crippen LogP) is 0.381. The van der Waals surface area contributed by atoms with Gasteiger partial charge in [-0.05, 0) is 6.42 Å². The highest BCUT2D eigenvalue weighted by Crippen LogP contribution is 2.10. The van der Waals surface area contributed by atoms with Crippen LogP contribution in [0.15, 0.2) is 0 Å². The van der Waals surface area contributed by atoms with Crippen LogP contribution in [-0.2, 0) is 24.8 Å². The van der Waals surface area contributed by atoms with Crippen molar-refractivity contribution < 1.29 is 26.4 Å². The van der Waals surface area contributed by atoms with Crippen molar-refractivity contribution in [3.63, 3.8) is 0 Å². The van der Waals surface area contributed by atoms with Gasteiger partial charge < -0.3 is 4.74 Å². The Hall–Kier alpha value is -0.870. The Labute approximate surface area is 114 Å². The molecule has 0 spiro atoms. The molecule has 0 saturated heterocycles. The minimum Gasteiger partial charge on any atom is -0.448 e. The Morgan fingerprint density at radius 3 is 1.95 bits per heavy atom. The van der Waals surface area contributed by atoms with Crippen LogP contribution in [0.3, 0.4) is 0 Å². The first-order chi connectivity index (χ1) is 8.51. The van der Waals surface area contributed by atoms with Crippen LogP contribution in [0, 0.1) is 0 Å². The molecular formula is C9H20N2O6S2. The Balaban J connectivity index is 4.94. The molecule has 1 amide bonds. The number of amides is 1. The van der Waals surface area contributed by atoms with Gasteiger partial charge in [-0.2, -0.15) is 0 Å². The summed E-state index contributed by atoms with van der Waals surface area (Å²) in [5.74, 6) is 0. The second kappa shape index (κ2) is 7.06. The Morgan fingerprint density at radius 2 is 1.58 bits per heavy atom. The summed E-state index contributed by atoms with van der Waals surface area (Å²) < 4.78 is 50.7. The zero-order valence-corrected chi connectivity index (χ0v) is 13.1. The van der Waals surface area contributed by atoms with Crippen LogP contribution in [0.1, 0.15) is 26.2 Å². The second-order valence-electron chi connectivity index (χ2n) is 4.02. The Morgan fingerprint density at radius 1 is 1.05 bits per heavy atom. The summed E-state index contributed by atoms with van der Waals surface area (Å²) in [6.07, 6.45) is 2.61. The number of hydrogen-bond acceptors (Lipinski definition) is 6. The number of rotatable bonds is 7. The topological polar surface area (TPSA) is 101 Å². The quantitative estimate of drug-likeness (QED) is 0.497. The molecule has 0 aliphatic rings. The van der Waals surface area contributed by atoms with Crippen molar-refractivity contribution in [2.24, 2.45) is 0 Å². The van der Waals surface area contributed by atoms with Crippen LogP contribution in [-0.4, -0.2) is 57.9 Å². The van der Waals surface area contributed by atoms with E-state index < -0.39 is 26.1 Å². The molecule has 0 saturated carbocycles. The molecule has 8 nitrogen and oxygen atoms in total. The molecule has 0 aliphatic carbocycles. The second-order valence-corrected chi connectivity index (χ2v) is 7.83. The molecular weight excluding hydrogens is 296 g/mol. The molecule has 0 aromatic carbocycles. The van der Waals surface area contributed by atoms with E-state index in [2.05, 4.69) is 0 Å². The smallest absolute Gasteiger partial charge is 0.439 e. The normalized spacial score (nSPS) is 12.5. The lowest BCUT2D eigenvalue weighted by Crippen LogP contribution is -2.50. The molecule has 0 heterocycles. The van der Waals surface area contributed by atoms with Crippen molar-refractivity contribution in [2.45, 2.75) is 26.2 Å². The summed E-state index contributed by atoms with van der Waals surface area (Å²) in [6.45, 7) is 2.00. The van der Waals surface area contributed by atoms with E-state index in [0.717, 1.165) is 32.4 Å². The van der Waals surface area contributed by atoms with Gasteiger partial charge in [0.25, 0.3) is 10.0 Å². The molecule has 0 radical (unpaired) electrons. The average molecular weight is 316 g/mol. The molecule has 0 N–H and O–H groups in total. The first-order valence-corrected chi connectivity index (χ1v) is 9.32. The summed E-state index contributed by atoms with van der Waals surface area (Å²) in [5.41, 5.74) is 0. The molecule has 0 rings (SSSR count). The first-order valence-electron chi connectivity index (χ1n) is 5.62. The highest BCUT2D eigenvalue weighted by Gasteiger charge is 2.34. The average Bonchev–Trinajstić information content (AvgIpc) is 2.21. The third kappa shape index (κ3) is 6.21. The van der Waals surface area contributed by atoms with Crippen molar-refractivity contribution in [1.82, 2.24) is 8.83 Å². The number of nitrogens with zero attached hydrogens (tertiary/aromatic N) is 2. The molecule has 10 heteroatoms. The molecule has 0 unspecified atom stereocenters. The third-order valence-electron chi connectivity index (χ3n) is 2.18. The lowest BCUT2D eigenvalue weighted by molar-refractivity contribution is 0.0889. The lowest BCUT2D eigenvalue weighted by atomic mass is 10.3. The van der Waals surface area contributed by atoms with Gasteiger partial charge in [0.15, 0.2) is 0 Å². The number of sulfonamides is 2. The van der Waals surface area contributed by atoms with E-state index in [-0.39, 0.29) is 11.0 Å². The monoisotopic (exact) mass is 316 g/mol. The zero-order valence-electron chi connectivity index (χ0n) is 11.5. The summed E-state index contributed by atoms with van der Waals surface area (Å²) in [5, 5.41) is 0. The molecule has 0 fully saturated rings. The maximum absolute atomic E-state index is 11.7. The van der Waals surface area contributed by atoms with E-state index in [1.54, 1.807) is 0 Å². The van der Waals surface area contributed by atoms with E-state index in [9.17, 15) is 21.6 Å². The van der Waals surface area contributed by atoms with Crippen LogP contribution in [0.2, 0.25) is 0 Å². The molecule has 0 bridgehead atoms. The van der Waals surface area contributed by atoms with Crippen molar-refractivity contribution in [1.29, 1.82) is 0 Å². The van der Waals surface area contributed by atoms with Gasteiger partial charge in [0.1, 0.15) is 0 Å². The number of hydrogen-bond donors (Lipinski definition) is 0. The van der Waals surface area contributed by atoms with Crippen molar-refractivity contribution >= 4 is 26.1 Å². The predicted molar refractivity (Wildman–Crippen MR) is 70.2 cm³/mol. The summed E-state index contributed by atoms with van der Waals surface area (Å²) >= 11 is 0. The van der Waals surface area contributed by atoms with Crippen LogP contribution >= 0.6 is 0 Å². The molecule has 0 atom stereocenters. The summed E-state index contributed by atoms with van der Waals surface area (Å²) in [4.78, 5) is 11.7. The molecule has 0 aromatic rings. The van der Waals surface area contributed by atoms with Crippen molar-refractivity contribution in [3.05, 3.63) is 0 Å². The number of hydrazine groups is 1. The number of carbonyl (C=O) groups is 1. The van der Waals surface area contributed by atoms with Gasteiger partial charge >= 0.3 is 6.09 Å². The van der Waals surface area contributed by atoms with Gasteiger partial charge in [0, 0.05) is 7.05 Å². The standard InChI is InChI=1S/C9H20N2O6S2/c1-5-6-7-8-17-9(12)11(19(4,15)16)10(2)18(3,13)14/h5-8H2,1-4H3. The highest BCUT2D eigenvalue weighted by molar-refractivity contribution is 7.91. The van der Waals surface area contributed by atoms with Crippen LogP contribution in [0.4, 0.5) is 4.79 Å². The molecule has 19 heavy (non-hydrogen) atoms. The van der Waals surface area contributed by atoms with Crippen LogP contribution in [0.25, 0.3) is 0 Å². The fourth-order valence-electron chi connectivity index (χ4n) is 1.16. The lowest BCUT2D eigenvalue weighted by Gasteiger charge is -2.26. The SMILES string of the molecule is CCCCCOC(=O)N(N(C)S(C)(=O)=O)S(C)(=O)=O. The Kier molecular flexibility index (Phi) is 6.73.